The van der Waals surface area contributed by atoms with Crippen molar-refractivity contribution in [1.82, 2.24) is 10.6 Å². The summed E-state index contributed by atoms with van der Waals surface area (Å²) in [5, 5.41) is 5.07. The van der Waals surface area contributed by atoms with Crippen LogP contribution in [0, 0.1) is 0 Å². The van der Waals surface area contributed by atoms with Gasteiger partial charge in [-0.15, -0.1) is 0 Å². The van der Waals surface area contributed by atoms with Crippen LogP contribution in [0.5, 0.6) is 5.75 Å². The molecule has 0 unspecified atom stereocenters. The Hall–Kier alpha value is -1.79. The number of amides is 1. The molecule has 110 valence electrons. The van der Waals surface area contributed by atoms with E-state index in [4.69, 9.17) is 20.5 Å². The fraction of sp³-hybridized carbons (Fsp3) is 0.385. The molecule has 0 aliphatic rings. The first-order valence-electron chi connectivity index (χ1n) is 7.25. The van der Waals surface area contributed by atoms with E-state index in [0.29, 0.717) is 5.02 Å². The molecule has 0 radical (unpaired) electrons. The Morgan fingerprint density at radius 1 is 1.40 bits per heavy atom. The van der Waals surface area contributed by atoms with Gasteiger partial charge in [-0.3, -0.25) is 4.79 Å². The van der Waals surface area contributed by atoms with Crippen molar-refractivity contribution in [2.24, 2.45) is 0 Å². The maximum Gasteiger partial charge on any atom is 0.341 e. The number of halogens is 1. The molecule has 0 saturated heterocycles. The Labute approximate surface area is 126 Å². The van der Waals surface area contributed by atoms with Gasteiger partial charge in [0.1, 0.15) is 11.3 Å². The third-order valence-electron chi connectivity index (χ3n) is 2.28. The molecule has 20 heavy (non-hydrogen) atoms. The van der Waals surface area contributed by atoms with Crippen molar-refractivity contribution in [3.63, 3.8) is 0 Å². The molecular formula is C13H17ClN2O4. The second kappa shape index (κ2) is 8.39. The number of esters is 1. The first-order valence-corrected chi connectivity index (χ1v) is 6.13. The van der Waals surface area contributed by atoms with Crippen LogP contribution in [0.4, 0.5) is 0 Å². The first kappa shape index (κ1) is 12.0. The lowest BCUT2D eigenvalue weighted by atomic mass is 10.2. The van der Waals surface area contributed by atoms with Gasteiger partial charge in [-0.1, -0.05) is 11.6 Å². The van der Waals surface area contributed by atoms with E-state index in [0.717, 1.165) is 0 Å². The smallest absolute Gasteiger partial charge is 0.341 e. The van der Waals surface area contributed by atoms with Gasteiger partial charge in [0.15, 0.2) is 6.61 Å². The molecule has 0 fully saturated rings. The van der Waals surface area contributed by atoms with E-state index in [1.165, 1.54) is 25.3 Å². The topological polar surface area (TPSA) is 76.7 Å². The number of nitrogens with one attached hydrogen (secondary N) is 2. The van der Waals surface area contributed by atoms with Crippen LogP contribution in [0.1, 0.15) is 14.5 Å². The first-order chi connectivity index (χ1) is 10.7. The molecule has 0 heterocycles. The second-order valence-corrected chi connectivity index (χ2v) is 4.13. The molecule has 7 heteroatoms. The van der Waals surface area contributed by atoms with Crippen molar-refractivity contribution >= 4 is 23.5 Å². The average Bonchev–Trinajstić information content (AvgIpc) is 2.48. The Kier molecular flexibility index (Phi) is 5.03. The molecule has 2 N–H and O–H groups in total. The minimum absolute atomic E-state index is 0.0938. The zero-order valence-electron chi connectivity index (χ0n) is 13.9. The zero-order valence-corrected chi connectivity index (χ0v) is 11.6. The summed E-state index contributed by atoms with van der Waals surface area (Å²) in [4.78, 5) is 23.2. The largest absolute Gasteiger partial charge is 0.483 e. The summed E-state index contributed by atoms with van der Waals surface area (Å²) in [6.45, 7) is -2.36. The summed E-state index contributed by atoms with van der Waals surface area (Å²) in [5.74, 6) is -0.926. The predicted octanol–water partition coefficient (Wildman–Crippen LogP) is 0.841. The van der Waals surface area contributed by atoms with Gasteiger partial charge in [0.25, 0.3) is 5.91 Å². The van der Waals surface area contributed by atoms with Gasteiger partial charge < -0.3 is 20.1 Å². The normalized spacial score (nSPS) is 12.8. The second-order valence-electron chi connectivity index (χ2n) is 3.70. The molecule has 1 aromatic rings. The van der Waals surface area contributed by atoms with Crippen LogP contribution in [-0.2, 0) is 9.53 Å². The van der Waals surface area contributed by atoms with Crippen molar-refractivity contribution in [2.75, 3.05) is 33.8 Å². The van der Waals surface area contributed by atoms with Crippen molar-refractivity contribution in [2.45, 2.75) is 0 Å². The number of rotatable bonds is 7. The van der Waals surface area contributed by atoms with Crippen LogP contribution in [0.3, 0.4) is 0 Å². The van der Waals surface area contributed by atoms with Crippen molar-refractivity contribution in [3.05, 3.63) is 28.8 Å². The third kappa shape index (κ3) is 5.07. The van der Waals surface area contributed by atoms with Crippen LogP contribution in [-0.4, -0.2) is 45.7 Å². The third-order valence-corrected chi connectivity index (χ3v) is 2.51. The molecule has 0 aliphatic carbocycles. The molecule has 0 atom stereocenters. The Balaban J connectivity index is 2.48. The van der Waals surface area contributed by atoms with Crippen molar-refractivity contribution in [1.29, 1.82) is 0 Å². The molecule has 0 aliphatic heterocycles. The van der Waals surface area contributed by atoms with Crippen LogP contribution in [0.15, 0.2) is 18.2 Å². The highest BCUT2D eigenvalue weighted by Crippen LogP contribution is 2.23. The molecule has 1 rings (SSSR count). The standard InChI is InChI=1S/C13H17ClN2O4/c1-15-5-6-16-12(17)8-20-11-4-3-9(14)7-10(11)13(18)19-2/h3-4,7,15H,5-6,8H2,1-2H3,(H,16,17)/i1D3. The van der Waals surface area contributed by atoms with Gasteiger partial charge in [0, 0.05) is 22.2 Å². The van der Waals surface area contributed by atoms with Crippen LogP contribution >= 0.6 is 11.6 Å². The van der Waals surface area contributed by atoms with E-state index in [-0.39, 0.29) is 31.0 Å². The van der Waals surface area contributed by atoms with E-state index in [1.54, 1.807) is 0 Å². The molecule has 0 aromatic heterocycles. The summed E-state index contributed by atoms with van der Waals surface area (Å²) in [7, 11) is 1.22. The summed E-state index contributed by atoms with van der Waals surface area (Å²) in [6, 6.07) is 4.35. The number of benzene rings is 1. The van der Waals surface area contributed by atoms with E-state index < -0.39 is 18.9 Å². The van der Waals surface area contributed by atoms with Crippen LogP contribution < -0.4 is 15.4 Å². The summed E-state index contributed by atoms with van der Waals surface area (Å²) in [5.41, 5.74) is 0.108. The highest BCUT2D eigenvalue weighted by molar-refractivity contribution is 6.31. The quantitative estimate of drug-likeness (QED) is 0.577. The van der Waals surface area contributed by atoms with Gasteiger partial charge in [-0.25, -0.2) is 4.79 Å². The molecule has 1 amide bonds. The molecule has 0 spiro atoms. The number of carbonyl (C=O) groups excluding carboxylic acids is 2. The van der Waals surface area contributed by atoms with Crippen LogP contribution in [0.2, 0.25) is 5.02 Å². The highest BCUT2D eigenvalue weighted by atomic mass is 35.5. The number of likely N-dealkylation sites (N-methyl/N-ethyl adjacent to an activating group) is 1. The molecule has 1 aromatic carbocycles. The number of hydrogen-bond acceptors (Lipinski definition) is 5. The van der Waals surface area contributed by atoms with E-state index in [9.17, 15) is 9.59 Å². The Bertz CT molecular complexity index is 567. The lowest BCUT2D eigenvalue weighted by molar-refractivity contribution is -0.123. The number of hydrogen-bond donors (Lipinski definition) is 2. The highest BCUT2D eigenvalue weighted by Gasteiger charge is 2.14. The van der Waals surface area contributed by atoms with Crippen molar-refractivity contribution in [3.8, 4) is 5.75 Å². The lowest BCUT2D eigenvalue weighted by Crippen LogP contribution is -2.34. The predicted molar refractivity (Wildman–Crippen MR) is 75.2 cm³/mol. The van der Waals surface area contributed by atoms with E-state index in [2.05, 4.69) is 15.4 Å². The lowest BCUT2D eigenvalue weighted by Gasteiger charge is -2.10. The van der Waals surface area contributed by atoms with E-state index >= 15 is 0 Å². The van der Waals surface area contributed by atoms with E-state index in [1.807, 2.05) is 0 Å². The monoisotopic (exact) mass is 303 g/mol. The van der Waals surface area contributed by atoms with Gasteiger partial charge in [0.2, 0.25) is 0 Å². The minimum atomic E-state index is -2.25. The van der Waals surface area contributed by atoms with Crippen LogP contribution in [0.25, 0.3) is 0 Å². The number of ether oxygens (including phenoxy) is 2. The molecular weight excluding hydrogens is 284 g/mol. The summed E-state index contributed by atoms with van der Waals surface area (Å²) in [6.07, 6.45) is 0. The van der Waals surface area contributed by atoms with Gasteiger partial charge >= 0.3 is 5.97 Å². The Morgan fingerprint density at radius 3 is 2.90 bits per heavy atom. The minimum Gasteiger partial charge on any atom is -0.483 e. The summed E-state index contributed by atoms with van der Waals surface area (Å²) < 4.78 is 30.7. The number of methoxy groups -OCH3 is 1. The molecule has 0 bridgehead atoms. The average molecular weight is 304 g/mol. The Morgan fingerprint density at radius 2 is 2.20 bits per heavy atom. The summed E-state index contributed by atoms with van der Waals surface area (Å²) >= 11 is 5.81. The maximum absolute atomic E-state index is 11.6. The van der Waals surface area contributed by atoms with Gasteiger partial charge in [0.05, 0.1) is 7.11 Å². The zero-order chi connectivity index (χ0) is 17.5. The fourth-order valence-corrected chi connectivity index (χ4v) is 1.53. The molecule has 0 saturated carbocycles. The SMILES string of the molecule is [2H]C([2H])([2H])NCCNC(=O)COc1ccc(Cl)cc1C(=O)OC. The molecule has 6 nitrogen and oxygen atoms in total. The van der Waals surface area contributed by atoms with Gasteiger partial charge in [-0.05, 0) is 25.2 Å². The fourth-order valence-electron chi connectivity index (χ4n) is 1.36. The maximum atomic E-state index is 11.6. The van der Waals surface area contributed by atoms with Gasteiger partial charge in [-0.2, -0.15) is 0 Å². The van der Waals surface area contributed by atoms with Crippen molar-refractivity contribution < 1.29 is 23.2 Å². The number of carbonyl (C=O) groups is 2.